The van der Waals surface area contributed by atoms with Gasteiger partial charge in [-0.15, -0.1) is 0 Å². The van der Waals surface area contributed by atoms with Gasteiger partial charge in [-0.1, -0.05) is 22.0 Å². The SMILES string of the molecule is CNC(c1ccc(C)o1)c1ccc(Br)cc1OC. The minimum absolute atomic E-state index is 0.0123. The summed E-state index contributed by atoms with van der Waals surface area (Å²) in [7, 11) is 3.58. The second-order valence-electron chi connectivity index (χ2n) is 4.06. The van der Waals surface area contributed by atoms with Crippen LogP contribution in [0.5, 0.6) is 5.75 Å². The molecule has 18 heavy (non-hydrogen) atoms. The van der Waals surface area contributed by atoms with Gasteiger partial charge < -0.3 is 14.5 Å². The van der Waals surface area contributed by atoms with E-state index in [4.69, 9.17) is 9.15 Å². The Morgan fingerprint density at radius 2 is 2.06 bits per heavy atom. The molecular formula is C14H16BrNO2. The van der Waals surface area contributed by atoms with Gasteiger partial charge >= 0.3 is 0 Å². The van der Waals surface area contributed by atoms with Crippen molar-refractivity contribution in [3.8, 4) is 5.75 Å². The van der Waals surface area contributed by atoms with Gasteiger partial charge in [0.25, 0.3) is 0 Å². The zero-order valence-corrected chi connectivity index (χ0v) is 12.2. The molecule has 0 bridgehead atoms. The average molecular weight is 310 g/mol. The summed E-state index contributed by atoms with van der Waals surface area (Å²) in [6.45, 7) is 1.94. The van der Waals surface area contributed by atoms with Crippen LogP contribution >= 0.6 is 15.9 Å². The molecule has 1 heterocycles. The summed E-state index contributed by atoms with van der Waals surface area (Å²) in [5.41, 5.74) is 1.05. The molecule has 1 unspecified atom stereocenters. The molecule has 0 spiro atoms. The number of nitrogens with one attached hydrogen (secondary N) is 1. The molecule has 1 atom stereocenters. The quantitative estimate of drug-likeness (QED) is 0.935. The second-order valence-corrected chi connectivity index (χ2v) is 4.97. The topological polar surface area (TPSA) is 34.4 Å². The number of hydrogen-bond acceptors (Lipinski definition) is 3. The number of rotatable bonds is 4. The van der Waals surface area contributed by atoms with Gasteiger partial charge in [0.2, 0.25) is 0 Å². The highest BCUT2D eigenvalue weighted by Gasteiger charge is 2.19. The lowest BCUT2D eigenvalue weighted by atomic mass is 10.0. The summed E-state index contributed by atoms with van der Waals surface area (Å²) in [4.78, 5) is 0. The van der Waals surface area contributed by atoms with Crippen molar-refractivity contribution in [2.24, 2.45) is 0 Å². The van der Waals surface area contributed by atoms with E-state index in [0.29, 0.717) is 0 Å². The van der Waals surface area contributed by atoms with Gasteiger partial charge in [0, 0.05) is 10.0 Å². The summed E-state index contributed by atoms with van der Waals surface area (Å²) < 4.78 is 12.1. The van der Waals surface area contributed by atoms with Crippen LogP contribution in [0.2, 0.25) is 0 Å². The van der Waals surface area contributed by atoms with Crippen LogP contribution in [0.15, 0.2) is 39.2 Å². The lowest BCUT2D eigenvalue weighted by Crippen LogP contribution is -2.17. The Hall–Kier alpha value is -1.26. The highest BCUT2D eigenvalue weighted by atomic mass is 79.9. The van der Waals surface area contributed by atoms with Crippen LogP contribution in [-0.2, 0) is 0 Å². The maximum Gasteiger partial charge on any atom is 0.125 e. The van der Waals surface area contributed by atoms with Gasteiger partial charge in [0.15, 0.2) is 0 Å². The Kier molecular flexibility index (Phi) is 4.09. The Bertz CT molecular complexity index is 536. The number of aryl methyl sites for hydroxylation is 1. The zero-order valence-electron chi connectivity index (χ0n) is 10.7. The second kappa shape index (κ2) is 5.59. The summed E-state index contributed by atoms with van der Waals surface area (Å²) in [5.74, 6) is 2.62. The smallest absolute Gasteiger partial charge is 0.125 e. The fourth-order valence-corrected chi connectivity index (χ4v) is 2.32. The molecule has 1 N–H and O–H groups in total. The van der Waals surface area contributed by atoms with Crippen molar-refractivity contribution in [2.45, 2.75) is 13.0 Å². The van der Waals surface area contributed by atoms with Crippen LogP contribution in [0.4, 0.5) is 0 Å². The predicted molar refractivity (Wildman–Crippen MR) is 75.0 cm³/mol. The van der Waals surface area contributed by atoms with Gasteiger partial charge in [-0.3, -0.25) is 0 Å². The monoisotopic (exact) mass is 309 g/mol. The third kappa shape index (κ3) is 2.60. The van der Waals surface area contributed by atoms with Gasteiger partial charge in [0.05, 0.1) is 13.2 Å². The van der Waals surface area contributed by atoms with Gasteiger partial charge in [-0.05, 0) is 38.2 Å². The molecule has 3 nitrogen and oxygen atoms in total. The van der Waals surface area contributed by atoms with E-state index >= 15 is 0 Å². The lowest BCUT2D eigenvalue weighted by Gasteiger charge is -2.17. The summed E-state index contributed by atoms with van der Waals surface area (Å²) >= 11 is 3.44. The molecule has 1 aromatic heterocycles. The molecule has 1 aromatic carbocycles. The van der Waals surface area contributed by atoms with Crippen LogP contribution in [-0.4, -0.2) is 14.2 Å². The number of halogens is 1. The molecule has 0 aliphatic rings. The van der Waals surface area contributed by atoms with E-state index in [2.05, 4.69) is 21.2 Å². The fraction of sp³-hybridized carbons (Fsp3) is 0.286. The first-order chi connectivity index (χ1) is 8.65. The maximum atomic E-state index is 5.69. The summed E-state index contributed by atoms with van der Waals surface area (Å²) in [6, 6.07) is 9.92. The highest BCUT2D eigenvalue weighted by Crippen LogP contribution is 2.32. The standard InChI is InChI=1S/C14H16BrNO2/c1-9-4-7-12(18-9)14(16-2)11-6-5-10(15)8-13(11)17-3/h4-8,14,16H,1-3H3. The van der Waals surface area contributed by atoms with E-state index in [1.165, 1.54) is 0 Å². The molecule has 0 saturated carbocycles. The first-order valence-electron chi connectivity index (χ1n) is 5.72. The molecule has 0 saturated heterocycles. The van der Waals surface area contributed by atoms with Crippen molar-refractivity contribution in [1.82, 2.24) is 5.32 Å². The van der Waals surface area contributed by atoms with E-state index < -0.39 is 0 Å². The van der Waals surface area contributed by atoms with Crippen molar-refractivity contribution in [1.29, 1.82) is 0 Å². The first kappa shape index (κ1) is 13.2. The highest BCUT2D eigenvalue weighted by molar-refractivity contribution is 9.10. The number of ether oxygens (including phenoxy) is 1. The average Bonchev–Trinajstić information content (AvgIpc) is 2.78. The van der Waals surface area contributed by atoms with Gasteiger partial charge in [-0.25, -0.2) is 0 Å². The first-order valence-corrected chi connectivity index (χ1v) is 6.52. The summed E-state index contributed by atoms with van der Waals surface area (Å²) in [6.07, 6.45) is 0. The van der Waals surface area contributed by atoms with E-state index in [9.17, 15) is 0 Å². The fourth-order valence-electron chi connectivity index (χ4n) is 1.98. The summed E-state index contributed by atoms with van der Waals surface area (Å²) in [5, 5.41) is 3.25. The molecule has 0 aliphatic heterocycles. The Balaban J connectivity index is 2.44. The number of methoxy groups -OCH3 is 1. The molecular weight excluding hydrogens is 294 g/mol. The van der Waals surface area contributed by atoms with Crippen molar-refractivity contribution in [3.63, 3.8) is 0 Å². The van der Waals surface area contributed by atoms with Crippen molar-refractivity contribution in [3.05, 3.63) is 51.9 Å². The predicted octanol–water partition coefficient (Wildman–Crippen LogP) is 3.67. The number of hydrogen-bond donors (Lipinski definition) is 1. The molecule has 96 valence electrons. The lowest BCUT2D eigenvalue weighted by molar-refractivity contribution is 0.394. The van der Waals surface area contributed by atoms with Crippen LogP contribution < -0.4 is 10.1 Å². The Labute approximate surface area is 115 Å². The van der Waals surface area contributed by atoms with Crippen LogP contribution in [0.1, 0.15) is 23.1 Å². The van der Waals surface area contributed by atoms with E-state index in [0.717, 1.165) is 27.3 Å². The minimum atomic E-state index is -0.0123. The van der Waals surface area contributed by atoms with Gasteiger partial charge in [0.1, 0.15) is 17.3 Å². The van der Waals surface area contributed by atoms with Crippen molar-refractivity contribution < 1.29 is 9.15 Å². The van der Waals surface area contributed by atoms with Crippen molar-refractivity contribution in [2.75, 3.05) is 14.2 Å². The Morgan fingerprint density at radius 1 is 1.28 bits per heavy atom. The largest absolute Gasteiger partial charge is 0.496 e. The molecule has 0 amide bonds. The Morgan fingerprint density at radius 3 is 2.61 bits per heavy atom. The normalized spacial score (nSPS) is 12.4. The molecule has 4 heteroatoms. The molecule has 2 aromatic rings. The van der Waals surface area contributed by atoms with Crippen LogP contribution in [0, 0.1) is 6.92 Å². The van der Waals surface area contributed by atoms with E-state index in [-0.39, 0.29) is 6.04 Å². The number of benzene rings is 1. The van der Waals surface area contributed by atoms with Gasteiger partial charge in [-0.2, -0.15) is 0 Å². The van der Waals surface area contributed by atoms with Crippen LogP contribution in [0.3, 0.4) is 0 Å². The third-order valence-corrected chi connectivity index (χ3v) is 3.33. The molecule has 0 aliphatic carbocycles. The van der Waals surface area contributed by atoms with E-state index in [1.54, 1.807) is 7.11 Å². The molecule has 2 rings (SSSR count). The molecule has 0 fully saturated rings. The third-order valence-electron chi connectivity index (χ3n) is 2.84. The minimum Gasteiger partial charge on any atom is -0.496 e. The zero-order chi connectivity index (χ0) is 13.1. The molecule has 0 radical (unpaired) electrons. The number of furan rings is 1. The van der Waals surface area contributed by atoms with E-state index in [1.807, 2.05) is 44.3 Å². The maximum absolute atomic E-state index is 5.69. The van der Waals surface area contributed by atoms with Crippen LogP contribution in [0.25, 0.3) is 0 Å². The van der Waals surface area contributed by atoms with Crippen molar-refractivity contribution >= 4 is 15.9 Å².